The number of likely N-dealkylation sites (tertiary alicyclic amines) is 1. The Kier molecular flexibility index (Phi) is 6.11. The molecule has 2 aromatic carbocycles. The van der Waals surface area contributed by atoms with Gasteiger partial charge < -0.3 is 9.47 Å². The summed E-state index contributed by atoms with van der Waals surface area (Å²) in [5, 5.41) is 12.2. The summed E-state index contributed by atoms with van der Waals surface area (Å²) >= 11 is 0. The molecule has 8 nitrogen and oxygen atoms in total. The second-order valence-electron chi connectivity index (χ2n) is 6.64. The van der Waals surface area contributed by atoms with Crippen molar-refractivity contribution in [1.82, 2.24) is 4.90 Å². The van der Waals surface area contributed by atoms with Crippen LogP contribution in [0.2, 0.25) is 0 Å². The second kappa shape index (κ2) is 8.72. The predicted molar refractivity (Wildman–Crippen MR) is 104 cm³/mol. The number of amides is 1. The highest BCUT2D eigenvalue weighted by atomic mass is 16.6. The summed E-state index contributed by atoms with van der Waals surface area (Å²) < 4.78 is 10.1. The van der Waals surface area contributed by atoms with Crippen molar-refractivity contribution >= 4 is 12.1 Å². The molecule has 0 N–H and O–H groups in total. The Balaban J connectivity index is 2.24. The Morgan fingerprint density at radius 1 is 1.03 bits per heavy atom. The Morgan fingerprint density at radius 3 is 2.07 bits per heavy atom. The first-order valence-corrected chi connectivity index (χ1v) is 9.27. The lowest BCUT2D eigenvalue weighted by atomic mass is 9.85. The van der Waals surface area contributed by atoms with Crippen molar-refractivity contribution in [3.63, 3.8) is 0 Å². The zero-order valence-corrected chi connectivity index (χ0v) is 16.1. The van der Waals surface area contributed by atoms with Crippen LogP contribution in [0.3, 0.4) is 0 Å². The molecule has 1 saturated heterocycles. The van der Waals surface area contributed by atoms with Crippen LogP contribution in [0.25, 0.3) is 0 Å². The van der Waals surface area contributed by atoms with Gasteiger partial charge in [0.2, 0.25) is 6.04 Å². The van der Waals surface area contributed by atoms with E-state index in [2.05, 4.69) is 0 Å². The third-order valence-corrected chi connectivity index (χ3v) is 5.11. The summed E-state index contributed by atoms with van der Waals surface area (Å²) in [4.78, 5) is 38.6. The molecular formula is C21H22N2O6. The van der Waals surface area contributed by atoms with Gasteiger partial charge in [-0.25, -0.2) is 9.59 Å². The fourth-order valence-electron chi connectivity index (χ4n) is 4.02. The third-order valence-electron chi connectivity index (χ3n) is 5.11. The molecule has 0 saturated carbocycles. The Bertz CT molecular complexity index is 873. The number of rotatable bonds is 5. The fourth-order valence-corrected chi connectivity index (χ4v) is 4.02. The molecule has 0 radical (unpaired) electrons. The lowest BCUT2D eigenvalue weighted by Crippen LogP contribution is -2.44. The molecule has 0 aliphatic carbocycles. The molecule has 0 bridgehead atoms. The molecule has 29 heavy (non-hydrogen) atoms. The first-order chi connectivity index (χ1) is 14.0. The second-order valence-corrected chi connectivity index (χ2v) is 6.64. The van der Waals surface area contributed by atoms with Crippen LogP contribution in [-0.4, -0.2) is 47.7 Å². The maximum absolute atomic E-state index is 12.9. The molecule has 1 aliphatic rings. The van der Waals surface area contributed by atoms with Crippen LogP contribution < -0.4 is 0 Å². The minimum atomic E-state index is -1.26. The lowest BCUT2D eigenvalue weighted by molar-refractivity contribution is -0.528. The van der Waals surface area contributed by atoms with Crippen molar-refractivity contribution in [3.05, 3.63) is 81.9 Å². The first kappa shape index (κ1) is 20.3. The zero-order chi connectivity index (χ0) is 21.0. The summed E-state index contributed by atoms with van der Waals surface area (Å²) in [5.74, 6) is -1.59. The molecule has 0 aromatic heterocycles. The van der Waals surface area contributed by atoms with Crippen molar-refractivity contribution in [2.75, 3.05) is 13.7 Å². The fraction of sp³-hybridized carbons (Fsp3) is 0.333. The Hall–Kier alpha value is -3.42. The zero-order valence-electron chi connectivity index (χ0n) is 16.1. The van der Waals surface area contributed by atoms with E-state index in [1.165, 1.54) is 7.11 Å². The van der Waals surface area contributed by atoms with Gasteiger partial charge in [-0.1, -0.05) is 60.7 Å². The van der Waals surface area contributed by atoms with E-state index in [-0.39, 0.29) is 6.61 Å². The lowest BCUT2D eigenvalue weighted by Gasteiger charge is -2.28. The quantitative estimate of drug-likeness (QED) is 0.436. The van der Waals surface area contributed by atoms with Crippen molar-refractivity contribution in [2.24, 2.45) is 0 Å². The Labute approximate surface area is 168 Å². The molecule has 0 spiro atoms. The van der Waals surface area contributed by atoms with E-state index in [4.69, 9.17) is 9.47 Å². The smallest absolute Gasteiger partial charge is 0.411 e. The first-order valence-electron chi connectivity index (χ1n) is 9.27. The molecule has 1 fully saturated rings. The van der Waals surface area contributed by atoms with E-state index in [1.807, 2.05) is 0 Å². The number of carbonyl (C=O) groups is 2. The van der Waals surface area contributed by atoms with E-state index in [0.717, 1.165) is 4.90 Å². The number of ether oxygens (including phenoxy) is 2. The van der Waals surface area contributed by atoms with Crippen molar-refractivity contribution in [1.29, 1.82) is 0 Å². The highest BCUT2D eigenvalue weighted by Gasteiger charge is 2.62. The molecule has 2 aromatic rings. The average molecular weight is 398 g/mol. The average Bonchev–Trinajstić information content (AvgIpc) is 3.11. The van der Waals surface area contributed by atoms with Crippen LogP contribution in [0, 0.1) is 10.1 Å². The number of hydrogen-bond acceptors (Lipinski definition) is 6. The van der Waals surface area contributed by atoms with Gasteiger partial charge >= 0.3 is 12.1 Å². The predicted octanol–water partition coefficient (Wildman–Crippen LogP) is 3.17. The maximum Gasteiger partial charge on any atom is 0.411 e. The number of nitrogens with zero attached hydrogens (tertiary/aromatic N) is 2. The number of hydrogen-bond donors (Lipinski definition) is 0. The van der Waals surface area contributed by atoms with Gasteiger partial charge in [-0.3, -0.25) is 15.0 Å². The third kappa shape index (κ3) is 3.78. The van der Waals surface area contributed by atoms with Gasteiger partial charge in [-0.15, -0.1) is 0 Å². The molecule has 152 valence electrons. The molecular weight excluding hydrogens is 376 g/mol. The van der Waals surface area contributed by atoms with Gasteiger partial charge in [0.05, 0.1) is 19.6 Å². The van der Waals surface area contributed by atoms with E-state index in [0.29, 0.717) is 11.1 Å². The number of carbonyl (C=O) groups excluding carboxylic acids is 2. The molecule has 3 rings (SSSR count). The van der Waals surface area contributed by atoms with Gasteiger partial charge in [0.1, 0.15) is 12.1 Å². The number of nitro groups is 1. The SMILES string of the molecule is CCOC(=O)[C@@H]1[C@@H](c2ccccc2)[C@H]([N+](=O)[O-])[C@H](c2ccccc2)N1C(=O)OC. The topological polar surface area (TPSA) is 99.0 Å². The molecule has 4 atom stereocenters. The standard InChI is InChI=1S/C21H22N2O6/c1-3-29-20(24)19-16(14-10-6-4-7-11-14)18(23(26)27)17(22(19)21(25)28-2)15-12-8-5-9-13-15/h4-13,16-19H,3H2,1-2H3/t16-,17-,18-,19-/m0/s1. The van der Waals surface area contributed by atoms with Crippen molar-refractivity contribution < 1.29 is 24.0 Å². The highest BCUT2D eigenvalue weighted by Crippen LogP contribution is 2.47. The molecule has 1 heterocycles. The van der Waals surface area contributed by atoms with Gasteiger partial charge in [-0.05, 0) is 18.1 Å². The van der Waals surface area contributed by atoms with Crippen molar-refractivity contribution in [3.8, 4) is 0 Å². The molecule has 1 amide bonds. The van der Waals surface area contributed by atoms with Crippen LogP contribution in [0.5, 0.6) is 0 Å². The van der Waals surface area contributed by atoms with E-state index < -0.39 is 41.0 Å². The molecule has 8 heteroatoms. The highest BCUT2D eigenvalue weighted by molar-refractivity contribution is 5.84. The van der Waals surface area contributed by atoms with Gasteiger partial charge in [-0.2, -0.15) is 0 Å². The monoisotopic (exact) mass is 398 g/mol. The van der Waals surface area contributed by atoms with E-state index >= 15 is 0 Å². The summed E-state index contributed by atoms with van der Waals surface area (Å²) in [6.45, 7) is 1.73. The minimum Gasteiger partial charge on any atom is -0.464 e. The number of methoxy groups -OCH3 is 1. The maximum atomic E-state index is 12.9. The van der Waals surface area contributed by atoms with Gasteiger partial charge in [0, 0.05) is 4.92 Å². The summed E-state index contributed by atoms with van der Waals surface area (Å²) in [6.07, 6.45) is -0.817. The minimum absolute atomic E-state index is 0.0883. The van der Waals surface area contributed by atoms with E-state index in [9.17, 15) is 19.7 Å². The van der Waals surface area contributed by atoms with Crippen LogP contribution >= 0.6 is 0 Å². The number of benzene rings is 2. The summed E-state index contributed by atoms with van der Waals surface area (Å²) in [5.41, 5.74) is 1.13. The molecule has 0 unspecified atom stereocenters. The van der Waals surface area contributed by atoms with Crippen LogP contribution in [0.1, 0.15) is 30.0 Å². The summed E-state index contributed by atoms with van der Waals surface area (Å²) in [6, 6.07) is 13.9. The molecule has 1 aliphatic heterocycles. The van der Waals surface area contributed by atoms with Crippen LogP contribution in [0.4, 0.5) is 4.79 Å². The Morgan fingerprint density at radius 2 is 1.59 bits per heavy atom. The van der Waals surface area contributed by atoms with E-state index in [1.54, 1.807) is 67.6 Å². The summed E-state index contributed by atoms with van der Waals surface area (Å²) in [7, 11) is 1.18. The van der Waals surface area contributed by atoms with Crippen LogP contribution in [0.15, 0.2) is 60.7 Å². The van der Waals surface area contributed by atoms with Gasteiger partial charge in [0.15, 0.2) is 0 Å². The van der Waals surface area contributed by atoms with Gasteiger partial charge in [0.25, 0.3) is 0 Å². The largest absolute Gasteiger partial charge is 0.464 e. The normalized spacial score (nSPS) is 23.4. The van der Waals surface area contributed by atoms with Crippen molar-refractivity contribution in [2.45, 2.75) is 31.0 Å². The van der Waals surface area contributed by atoms with Crippen LogP contribution in [-0.2, 0) is 14.3 Å². The number of esters is 1.